The Morgan fingerprint density at radius 3 is 1.93 bits per heavy atom. The molecule has 216 valence electrons. The van der Waals surface area contributed by atoms with Crippen molar-refractivity contribution in [3.05, 3.63) is 164 Å². The van der Waals surface area contributed by atoms with Crippen LogP contribution in [-0.2, 0) is 0 Å². The Morgan fingerprint density at radius 1 is 0.500 bits per heavy atom. The highest BCUT2D eigenvalue weighted by molar-refractivity contribution is 6.15. The van der Waals surface area contributed by atoms with Crippen LogP contribution in [0.3, 0.4) is 0 Å². The Balaban J connectivity index is 1.42. The minimum atomic E-state index is 0.882. The number of imidazole rings is 1. The molecule has 0 aliphatic carbocycles. The van der Waals surface area contributed by atoms with Crippen molar-refractivity contribution in [2.45, 2.75) is 0 Å². The lowest BCUT2D eigenvalue weighted by molar-refractivity contribution is 1.08. The van der Waals surface area contributed by atoms with Crippen molar-refractivity contribution < 1.29 is 0 Å². The number of nitrogens with zero attached hydrogens (tertiary/aromatic N) is 5. The third-order valence-electron chi connectivity index (χ3n) is 8.67. The van der Waals surface area contributed by atoms with E-state index in [0.717, 1.165) is 78.0 Å². The van der Waals surface area contributed by atoms with E-state index in [1.165, 1.54) is 0 Å². The second-order valence-corrected chi connectivity index (χ2v) is 11.4. The first kappa shape index (κ1) is 26.1. The average molecular weight is 590 g/mol. The van der Waals surface area contributed by atoms with Crippen molar-refractivity contribution in [3.63, 3.8) is 0 Å². The topological polar surface area (TPSA) is 48.5 Å². The van der Waals surface area contributed by atoms with Gasteiger partial charge in [-0.3, -0.25) is 4.57 Å². The van der Waals surface area contributed by atoms with E-state index in [9.17, 15) is 0 Å². The molecule has 0 aliphatic rings. The molecule has 0 atom stereocenters. The molecule has 0 spiro atoms. The molecule has 3 heterocycles. The van der Waals surface area contributed by atoms with Crippen molar-refractivity contribution >= 4 is 32.8 Å². The van der Waals surface area contributed by atoms with Crippen LogP contribution in [-0.4, -0.2) is 24.1 Å². The van der Waals surface area contributed by atoms with Gasteiger partial charge in [0.1, 0.15) is 12.2 Å². The molecule has 0 unspecified atom stereocenters. The van der Waals surface area contributed by atoms with Gasteiger partial charge in [-0.05, 0) is 48.0 Å². The molecule has 0 aliphatic heterocycles. The zero-order valence-corrected chi connectivity index (χ0v) is 24.8. The van der Waals surface area contributed by atoms with Crippen LogP contribution in [0.2, 0.25) is 0 Å². The van der Waals surface area contributed by atoms with Gasteiger partial charge in [-0.1, -0.05) is 109 Å². The fraction of sp³-hybridized carbons (Fsp3) is 0. The highest BCUT2D eigenvalue weighted by Gasteiger charge is 2.23. The number of hydrogen-bond acceptors (Lipinski definition) is 3. The first-order valence-corrected chi connectivity index (χ1v) is 15.4. The fourth-order valence-electron chi connectivity index (χ4n) is 6.68. The number of rotatable bonds is 5. The fourth-order valence-corrected chi connectivity index (χ4v) is 6.68. The Hall–Kier alpha value is -6.33. The molecule has 5 nitrogen and oxygen atoms in total. The zero-order chi connectivity index (χ0) is 30.5. The number of aromatic nitrogens is 5. The van der Waals surface area contributed by atoms with E-state index >= 15 is 0 Å². The number of benzene rings is 6. The molecule has 3 aromatic heterocycles. The Kier molecular flexibility index (Phi) is 6.06. The molecule has 0 saturated heterocycles. The van der Waals surface area contributed by atoms with Gasteiger partial charge in [0.05, 0.1) is 39.6 Å². The van der Waals surface area contributed by atoms with Gasteiger partial charge in [0.15, 0.2) is 0 Å². The van der Waals surface area contributed by atoms with Crippen molar-refractivity contribution in [3.8, 4) is 45.1 Å². The molecule has 9 rings (SSSR count). The standard InChI is InChI=1S/C41H27N5/c1-4-14-28(15-5-1)33-24-30(41-44-35-21-11-13-23-37(35)45(41)31-18-8-3-9-19-31)25-34-32-20-10-12-22-36(32)46(40(33)34)38-26-42-27-43-39(38)29-16-6-2-7-17-29/h1-27H. The summed E-state index contributed by atoms with van der Waals surface area (Å²) in [6.45, 7) is 0. The molecule has 0 amide bonds. The van der Waals surface area contributed by atoms with E-state index in [1.807, 2.05) is 36.5 Å². The summed E-state index contributed by atoms with van der Waals surface area (Å²) in [6, 6.07) is 53.0. The van der Waals surface area contributed by atoms with Crippen LogP contribution in [0.5, 0.6) is 0 Å². The van der Waals surface area contributed by atoms with Crippen LogP contribution >= 0.6 is 0 Å². The van der Waals surface area contributed by atoms with Gasteiger partial charge in [-0.25, -0.2) is 15.0 Å². The van der Waals surface area contributed by atoms with E-state index in [1.54, 1.807) is 6.33 Å². The van der Waals surface area contributed by atoms with Crippen molar-refractivity contribution in [1.29, 1.82) is 0 Å². The van der Waals surface area contributed by atoms with E-state index in [4.69, 9.17) is 9.97 Å². The molecule has 0 N–H and O–H groups in total. The summed E-state index contributed by atoms with van der Waals surface area (Å²) in [5.41, 5.74) is 11.4. The molecular formula is C41H27N5. The quantitative estimate of drug-likeness (QED) is 0.201. The zero-order valence-electron chi connectivity index (χ0n) is 24.8. The van der Waals surface area contributed by atoms with E-state index < -0.39 is 0 Å². The number of hydrogen-bond donors (Lipinski definition) is 0. The predicted octanol–water partition coefficient (Wildman–Crippen LogP) is 9.91. The summed E-state index contributed by atoms with van der Waals surface area (Å²) < 4.78 is 4.60. The Labute approximate surface area is 265 Å². The Morgan fingerprint density at radius 2 is 1.15 bits per heavy atom. The van der Waals surface area contributed by atoms with Crippen LogP contribution in [0.25, 0.3) is 78.0 Å². The first-order valence-electron chi connectivity index (χ1n) is 15.4. The normalized spacial score (nSPS) is 11.5. The summed E-state index contributed by atoms with van der Waals surface area (Å²) in [5.74, 6) is 0.899. The average Bonchev–Trinajstić information content (AvgIpc) is 3.69. The van der Waals surface area contributed by atoms with Crippen LogP contribution < -0.4 is 0 Å². The third-order valence-corrected chi connectivity index (χ3v) is 8.67. The highest BCUT2D eigenvalue weighted by Crippen LogP contribution is 2.43. The predicted molar refractivity (Wildman–Crippen MR) is 187 cm³/mol. The summed E-state index contributed by atoms with van der Waals surface area (Å²) in [7, 11) is 0. The first-order chi connectivity index (χ1) is 22.8. The second-order valence-electron chi connectivity index (χ2n) is 11.4. The van der Waals surface area contributed by atoms with E-state index in [0.29, 0.717) is 0 Å². The lowest BCUT2D eigenvalue weighted by atomic mass is 9.98. The van der Waals surface area contributed by atoms with E-state index in [2.05, 4.69) is 135 Å². The third kappa shape index (κ3) is 4.14. The molecule has 9 aromatic rings. The maximum absolute atomic E-state index is 5.24. The maximum atomic E-state index is 5.24. The van der Waals surface area contributed by atoms with Crippen molar-refractivity contribution in [2.24, 2.45) is 0 Å². The highest BCUT2D eigenvalue weighted by atomic mass is 15.1. The molecule has 0 bridgehead atoms. The molecule has 0 fully saturated rings. The number of fused-ring (bicyclic) bond motifs is 4. The summed E-state index contributed by atoms with van der Waals surface area (Å²) in [5, 5.41) is 2.29. The van der Waals surface area contributed by atoms with Gasteiger partial charge < -0.3 is 4.57 Å². The summed E-state index contributed by atoms with van der Waals surface area (Å²) in [6.07, 6.45) is 3.56. The lowest BCUT2D eigenvalue weighted by Crippen LogP contribution is -2.02. The minimum Gasteiger partial charge on any atom is -0.305 e. The van der Waals surface area contributed by atoms with Gasteiger partial charge in [0, 0.05) is 33.2 Å². The molecule has 0 radical (unpaired) electrons. The van der Waals surface area contributed by atoms with Gasteiger partial charge in [0.25, 0.3) is 0 Å². The monoisotopic (exact) mass is 589 g/mol. The SMILES string of the molecule is c1ccc(-c2ncncc2-n2c3ccccc3c3cc(-c4nc5ccccc5n4-c4ccccc4)cc(-c4ccccc4)c32)cc1. The van der Waals surface area contributed by atoms with E-state index in [-0.39, 0.29) is 0 Å². The molecular weight excluding hydrogens is 562 g/mol. The lowest BCUT2D eigenvalue weighted by Gasteiger charge is -2.16. The Bertz CT molecular complexity index is 2510. The van der Waals surface area contributed by atoms with Crippen LogP contribution in [0.4, 0.5) is 0 Å². The van der Waals surface area contributed by atoms with Gasteiger partial charge in [0.2, 0.25) is 0 Å². The molecule has 5 heteroatoms. The summed E-state index contributed by atoms with van der Waals surface area (Å²) in [4.78, 5) is 14.6. The van der Waals surface area contributed by atoms with Gasteiger partial charge in [-0.2, -0.15) is 0 Å². The molecule has 6 aromatic carbocycles. The minimum absolute atomic E-state index is 0.882. The van der Waals surface area contributed by atoms with Gasteiger partial charge >= 0.3 is 0 Å². The van der Waals surface area contributed by atoms with Crippen molar-refractivity contribution in [1.82, 2.24) is 24.1 Å². The maximum Gasteiger partial charge on any atom is 0.145 e. The van der Waals surface area contributed by atoms with Gasteiger partial charge in [-0.15, -0.1) is 0 Å². The smallest absolute Gasteiger partial charge is 0.145 e. The van der Waals surface area contributed by atoms with Crippen LogP contribution in [0.15, 0.2) is 164 Å². The van der Waals surface area contributed by atoms with Crippen LogP contribution in [0, 0.1) is 0 Å². The second kappa shape index (κ2) is 10.7. The van der Waals surface area contributed by atoms with Crippen molar-refractivity contribution in [2.75, 3.05) is 0 Å². The molecule has 0 saturated carbocycles. The largest absolute Gasteiger partial charge is 0.305 e. The summed E-state index contributed by atoms with van der Waals surface area (Å²) >= 11 is 0. The van der Waals surface area contributed by atoms with Crippen LogP contribution in [0.1, 0.15) is 0 Å². The number of para-hydroxylation sites is 4. The molecule has 46 heavy (non-hydrogen) atoms.